The lowest BCUT2D eigenvalue weighted by Crippen LogP contribution is -2.36. The molecule has 0 unspecified atom stereocenters. The van der Waals surface area contributed by atoms with E-state index < -0.39 is 17.6 Å². The summed E-state index contributed by atoms with van der Waals surface area (Å²) < 4.78 is 41.3. The van der Waals surface area contributed by atoms with Crippen molar-refractivity contribution in [3.8, 4) is 11.4 Å². The second-order valence-electron chi connectivity index (χ2n) is 7.07. The summed E-state index contributed by atoms with van der Waals surface area (Å²) in [4.78, 5) is 18.9. The zero-order chi connectivity index (χ0) is 20.8. The van der Waals surface area contributed by atoms with Crippen molar-refractivity contribution in [2.24, 2.45) is 7.05 Å². The van der Waals surface area contributed by atoms with E-state index in [1.807, 2.05) is 25.2 Å². The van der Waals surface area contributed by atoms with E-state index >= 15 is 0 Å². The average molecular weight is 400 g/mol. The van der Waals surface area contributed by atoms with Crippen LogP contribution in [-0.2, 0) is 26.2 Å². The Morgan fingerprint density at radius 2 is 1.93 bits per heavy atom. The molecule has 0 radical (unpaired) electrons. The molecule has 1 aliphatic heterocycles. The van der Waals surface area contributed by atoms with Gasteiger partial charge in [-0.15, -0.1) is 0 Å². The van der Waals surface area contributed by atoms with Crippen LogP contribution in [0.5, 0.6) is 0 Å². The van der Waals surface area contributed by atoms with Crippen LogP contribution in [0.15, 0.2) is 42.6 Å². The van der Waals surface area contributed by atoms with E-state index in [9.17, 15) is 18.0 Å². The van der Waals surface area contributed by atoms with E-state index in [2.05, 4.69) is 10.1 Å². The van der Waals surface area contributed by atoms with E-state index in [1.165, 1.54) is 19.1 Å². The number of fused-ring (bicyclic) bond motifs is 1. The van der Waals surface area contributed by atoms with Gasteiger partial charge in [-0.2, -0.15) is 18.3 Å². The molecule has 4 rings (SSSR count). The summed E-state index contributed by atoms with van der Waals surface area (Å²) in [6, 6.07) is 9.36. The third-order valence-corrected chi connectivity index (χ3v) is 5.27. The third-order valence-electron chi connectivity index (χ3n) is 5.27. The third kappa shape index (κ3) is 3.39. The molecule has 0 N–H and O–H groups in total. The monoisotopic (exact) mass is 400 g/mol. The summed E-state index contributed by atoms with van der Waals surface area (Å²) >= 11 is 0. The van der Waals surface area contributed by atoms with Crippen LogP contribution in [0.4, 0.5) is 13.2 Å². The number of benzene rings is 1. The van der Waals surface area contributed by atoms with Gasteiger partial charge in [0.25, 0.3) is 5.91 Å². The van der Waals surface area contributed by atoms with Gasteiger partial charge in [0.1, 0.15) is 0 Å². The Balaban J connectivity index is 1.64. The van der Waals surface area contributed by atoms with Crippen LogP contribution in [0.1, 0.15) is 32.7 Å². The molecule has 3 heterocycles. The number of alkyl halides is 3. The summed E-state index contributed by atoms with van der Waals surface area (Å²) in [5, 5.41) is 4.54. The molecule has 8 heteroatoms. The first-order chi connectivity index (χ1) is 13.8. The first-order valence-corrected chi connectivity index (χ1v) is 9.19. The van der Waals surface area contributed by atoms with Crippen LogP contribution in [0.25, 0.3) is 11.4 Å². The van der Waals surface area contributed by atoms with Crippen molar-refractivity contribution >= 4 is 5.91 Å². The first-order valence-electron chi connectivity index (χ1n) is 9.19. The summed E-state index contributed by atoms with van der Waals surface area (Å²) in [5.74, 6) is -0.413. The SMILES string of the molecule is Cc1c(C(=O)N2CCc3c(nn(C)c3-c3ccccn3)C2)cccc1C(F)(F)F. The van der Waals surface area contributed by atoms with Crippen LogP contribution >= 0.6 is 0 Å². The molecule has 1 amide bonds. The van der Waals surface area contributed by atoms with Gasteiger partial charge in [0.2, 0.25) is 0 Å². The van der Waals surface area contributed by atoms with Crippen LogP contribution < -0.4 is 0 Å². The maximum atomic E-state index is 13.2. The first kappa shape index (κ1) is 19.2. The molecule has 29 heavy (non-hydrogen) atoms. The predicted molar refractivity (Wildman–Crippen MR) is 101 cm³/mol. The summed E-state index contributed by atoms with van der Waals surface area (Å²) in [6.07, 6.45) is -2.21. The van der Waals surface area contributed by atoms with Crippen LogP contribution in [0.2, 0.25) is 0 Å². The lowest BCUT2D eigenvalue weighted by molar-refractivity contribution is -0.138. The molecule has 2 aromatic heterocycles. The Kier molecular flexibility index (Phi) is 4.64. The van der Waals surface area contributed by atoms with Gasteiger partial charge in [0.05, 0.1) is 29.2 Å². The molecule has 150 valence electrons. The van der Waals surface area contributed by atoms with Gasteiger partial charge in [-0.1, -0.05) is 12.1 Å². The summed E-state index contributed by atoms with van der Waals surface area (Å²) in [7, 11) is 1.82. The van der Waals surface area contributed by atoms with Crippen LogP contribution in [0.3, 0.4) is 0 Å². The minimum absolute atomic E-state index is 0.0500. The zero-order valence-electron chi connectivity index (χ0n) is 16.0. The Bertz CT molecular complexity index is 1070. The molecule has 1 aliphatic rings. The number of hydrogen-bond acceptors (Lipinski definition) is 3. The molecule has 0 aliphatic carbocycles. The van der Waals surface area contributed by atoms with E-state index in [0.717, 1.165) is 28.7 Å². The second kappa shape index (κ2) is 7.02. The Hall–Kier alpha value is -3.16. The number of rotatable bonds is 2. The van der Waals surface area contributed by atoms with E-state index in [-0.39, 0.29) is 17.7 Å². The fraction of sp³-hybridized carbons (Fsp3) is 0.286. The highest BCUT2D eigenvalue weighted by atomic mass is 19.4. The normalized spacial score (nSPS) is 14.0. The molecule has 0 saturated heterocycles. The minimum atomic E-state index is -4.49. The number of nitrogens with zero attached hydrogens (tertiary/aromatic N) is 4. The van der Waals surface area contributed by atoms with Gasteiger partial charge in [-0.25, -0.2) is 0 Å². The topological polar surface area (TPSA) is 51.0 Å². The van der Waals surface area contributed by atoms with Gasteiger partial charge < -0.3 is 4.90 Å². The molecule has 0 atom stereocenters. The molecule has 1 aromatic carbocycles. The summed E-state index contributed by atoms with van der Waals surface area (Å²) in [6.45, 7) is 2.00. The van der Waals surface area contributed by atoms with Crippen LogP contribution in [0, 0.1) is 6.92 Å². The summed E-state index contributed by atoms with van der Waals surface area (Å²) in [5.41, 5.74) is 2.72. The largest absolute Gasteiger partial charge is 0.416 e. The number of halogens is 3. The van der Waals surface area contributed by atoms with E-state index in [0.29, 0.717) is 13.0 Å². The zero-order valence-corrected chi connectivity index (χ0v) is 16.0. The van der Waals surface area contributed by atoms with Gasteiger partial charge in [-0.3, -0.25) is 14.5 Å². The maximum absolute atomic E-state index is 13.2. The van der Waals surface area contributed by atoms with Crippen molar-refractivity contribution in [3.05, 3.63) is 70.5 Å². The van der Waals surface area contributed by atoms with Crippen molar-refractivity contribution < 1.29 is 18.0 Å². The van der Waals surface area contributed by atoms with Crippen molar-refractivity contribution in [1.82, 2.24) is 19.7 Å². The number of aromatic nitrogens is 3. The van der Waals surface area contributed by atoms with Crippen molar-refractivity contribution in [2.45, 2.75) is 26.1 Å². The number of carbonyl (C=O) groups is 1. The number of amides is 1. The Morgan fingerprint density at radius 1 is 1.14 bits per heavy atom. The van der Waals surface area contributed by atoms with Crippen molar-refractivity contribution in [3.63, 3.8) is 0 Å². The molecular weight excluding hydrogens is 381 g/mol. The number of aryl methyl sites for hydroxylation is 1. The van der Waals surface area contributed by atoms with Gasteiger partial charge in [0, 0.05) is 30.9 Å². The highest BCUT2D eigenvalue weighted by Gasteiger charge is 2.35. The lowest BCUT2D eigenvalue weighted by atomic mass is 9.98. The molecule has 3 aromatic rings. The minimum Gasteiger partial charge on any atom is -0.332 e. The molecule has 0 bridgehead atoms. The molecule has 5 nitrogen and oxygen atoms in total. The second-order valence-corrected chi connectivity index (χ2v) is 7.07. The highest BCUT2D eigenvalue weighted by Crippen LogP contribution is 2.34. The number of hydrogen-bond donors (Lipinski definition) is 0. The van der Waals surface area contributed by atoms with E-state index in [1.54, 1.807) is 15.8 Å². The van der Waals surface area contributed by atoms with Gasteiger partial charge in [0.15, 0.2) is 0 Å². The molecule has 0 saturated carbocycles. The fourth-order valence-corrected chi connectivity index (χ4v) is 3.86. The fourth-order valence-electron chi connectivity index (χ4n) is 3.86. The predicted octanol–water partition coefficient (Wildman–Crippen LogP) is 4.01. The number of pyridine rings is 1. The smallest absolute Gasteiger partial charge is 0.332 e. The van der Waals surface area contributed by atoms with Crippen molar-refractivity contribution in [2.75, 3.05) is 6.54 Å². The van der Waals surface area contributed by atoms with Crippen molar-refractivity contribution in [1.29, 1.82) is 0 Å². The lowest BCUT2D eigenvalue weighted by Gasteiger charge is -2.27. The quantitative estimate of drug-likeness (QED) is 0.653. The maximum Gasteiger partial charge on any atom is 0.416 e. The standard InChI is InChI=1S/C21H19F3N4O/c1-13-14(6-5-7-16(13)21(22,23)24)20(29)28-11-9-15-18(12-28)26-27(2)19(15)17-8-3-4-10-25-17/h3-8,10H,9,11-12H2,1-2H3. The number of carbonyl (C=O) groups excluding carboxylic acids is 1. The van der Waals surface area contributed by atoms with Gasteiger partial charge in [-0.05, 0) is 43.2 Å². The molecule has 0 spiro atoms. The molecule has 0 fully saturated rings. The highest BCUT2D eigenvalue weighted by molar-refractivity contribution is 5.96. The van der Waals surface area contributed by atoms with E-state index in [4.69, 9.17) is 0 Å². The molecular formula is C21H19F3N4O. The van der Waals surface area contributed by atoms with Crippen LogP contribution in [-0.4, -0.2) is 32.1 Å². The average Bonchev–Trinajstić information content (AvgIpc) is 3.02. The Labute approximate surface area is 165 Å². The Morgan fingerprint density at radius 3 is 2.62 bits per heavy atom. The van der Waals surface area contributed by atoms with Gasteiger partial charge >= 0.3 is 6.18 Å².